The van der Waals surface area contributed by atoms with Crippen molar-refractivity contribution in [2.75, 3.05) is 12.8 Å². The molecule has 1 saturated carbocycles. The maximum atomic E-state index is 12.2. The molecule has 0 bridgehead atoms. The van der Waals surface area contributed by atoms with Crippen molar-refractivity contribution in [3.05, 3.63) is 23.8 Å². The van der Waals surface area contributed by atoms with Crippen molar-refractivity contribution in [2.45, 2.75) is 25.3 Å². The Hall–Kier alpha value is -2.24. The van der Waals surface area contributed by atoms with Gasteiger partial charge in [-0.05, 0) is 31.4 Å². The average Bonchev–Trinajstić information content (AvgIpc) is 2.87. The fraction of sp³-hybridized carbons (Fsp3) is 0.429. The van der Waals surface area contributed by atoms with Crippen LogP contribution in [0.4, 0.5) is 5.69 Å². The molecule has 0 heterocycles. The van der Waals surface area contributed by atoms with Gasteiger partial charge in [-0.2, -0.15) is 0 Å². The topological polar surface area (TPSA) is 102 Å². The van der Waals surface area contributed by atoms with E-state index in [0.717, 1.165) is 0 Å². The van der Waals surface area contributed by atoms with Gasteiger partial charge >= 0.3 is 5.97 Å². The van der Waals surface area contributed by atoms with Gasteiger partial charge in [0.05, 0.1) is 18.6 Å². The number of rotatable bonds is 4. The van der Waals surface area contributed by atoms with Crippen molar-refractivity contribution in [1.82, 2.24) is 5.32 Å². The molecule has 1 aromatic rings. The number of hydrogen-bond acceptors (Lipinski definition) is 4. The molecule has 2 rings (SSSR count). The summed E-state index contributed by atoms with van der Waals surface area (Å²) in [5.41, 5.74) is 6.56. The van der Waals surface area contributed by atoms with Crippen molar-refractivity contribution in [3.63, 3.8) is 0 Å². The number of carboxylic acids is 1. The van der Waals surface area contributed by atoms with Crippen LogP contribution in [-0.2, 0) is 4.79 Å². The van der Waals surface area contributed by atoms with Gasteiger partial charge in [0.2, 0.25) is 0 Å². The third-order valence-electron chi connectivity index (χ3n) is 3.59. The lowest BCUT2D eigenvalue weighted by Gasteiger charge is -2.14. The Kier molecular flexibility index (Phi) is 4.12. The SMILES string of the molecule is COc1cc(N)ccc1C(=O)N[C@H]1CC[C@@H](C(=O)O)C1. The van der Waals surface area contributed by atoms with E-state index in [4.69, 9.17) is 15.6 Å². The van der Waals surface area contributed by atoms with Crippen LogP contribution < -0.4 is 15.8 Å². The molecule has 2 atom stereocenters. The number of carbonyl (C=O) groups excluding carboxylic acids is 1. The lowest BCUT2D eigenvalue weighted by Crippen LogP contribution is -2.33. The Labute approximate surface area is 116 Å². The second-order valence-corrected chi connectivity index (χ2v) is 4.98. The highest BCUT2D eigenvalue weighted by atomic mass is 16.5. The average molecular weight is 278 g/mol. The lowest BCUT2D eigenvalue weighted by atomic mass is 10.1. The number of nitrogens with one attached hydrogen (secondary N) is 1. The zero-order chi connectivity index (χ0) is 14.7. The van der Waals surface area contributed by atoms with Gasteiger partial charge in [0.25, 0.3) is 5.91 Å². The second-order valence-electron chi connectivity index (χ2n) is 4.98. The van der Waals surface area contributed by atoms with Crippen molar-refractivity contribution in [2.24, 2.45) is 5.92 Å². The Balaban J connectivity index is 2.04. The summed E-state index contributed by atoms with van der Waals surface area (Å²) in [6, 6.07) is 4.72. The number of nitrogen functional groups attached to an aromatic ring is 1. The summed E-state index contributed by atoms with van der Waals surface area (Å²) in [6.07, 6.45) is 1.75. The van der Waals surface area contributed by atoms with Crippen LogP contribution in [0.3, 0.4) is 0 Å². The van der Waals surface area contributed by atoms with E-state index in [-0.39, 0.29) is 17.9 Å². The number of carboxylic acid groups (broad SMARTS) is 1. The molecule has 6 heteroatoms. The molecular formula is C14H18N2O4. The predicted molar refractivity (Wildman–Crippen MR) is 73.6 cm³/mol. The first kappa shape index (κ1) is 14.2. The summed E-state index contributed by atoms with van der Waals surface area (Å²) in [5, 5.41) is 11.8. The standard InChI is InChI=1S/C14H18N2O4/c1-20-12-7-9(15)3-5-11(12)13(17)16-10-4-2-8(6-10)14(18)19/h3,5,7-8,10H,2,4,6,15H2,1H3,(H,16,17)(H,18,19)/t8-,10+/m1/s1. The Morgan fingerprint density at radius 1 is 1.40 bits per heavy atom. The molecule has 1 fully saturated rings. The summed E-state index contributed by atoms with van der Waals surface area (Å²) in [6.45, 7) is 0. The van der Waals surface area contributed by atoms with Crippen LogP contribution >= 0.6 is 0 Å². The van der Waals surface area contributed by atoms with Crippen molar-refractivity contribution in [1.29, 1.82) is 0 Å². The fourth-order valence-electron chi connectivity index (χ4n) is 2.50. The molecule has 0 saturated heterocycles. The zero-order valence-corrected chi connectivity index (χ0v) is 11.3. The number of carbonyl (C=O) groups is 2. The molecule has 0 radical (unpaired) electrons. The molecule has 1 aromatic carbocycles. The van der Waals surface area contributed by atoms with Crippen LogP contribution in [0.1, 0.15) is 29.6 Å². The first-order valence-corrected chi connectivity index (χ1v) is 6.48. The van der Waals surface area contributed by atoms with Gasteiger partial charge < -0.3 is 20.9 Å². The number of hydrogen-bond donors (Lipinski definition) is 3. The summed E-state index contributed by atoms with van der Waals surface area (Å²) in [4.78, 5) is 23.1. The minimum atomic E-state index is -0.799. The van der Waals surface area contributed by atoms with Crippen LogP contribution in [0.25, 0.3) is 0 Å². The van der Waals surface area contributed by atoms with Gasteiger partial charge in [-0.1, -0.05) is 0 Å². The molecule has 108 valence electrons. The Bertz CT molecular complexity index is 530. The van der Waals surface area contributed by atoms with E-state index in [1.807, 2.05) is 0 Å². The number of benzene rings is 1. The highest BCUT2D eigenvalue weighted by molar-refractivity contribution is 5.97. The van der Waals surface area contributed by atoms with Crippen LogP contribution in [0.2, 0.25) is 0 Å². The smallest absolute Gasteiger partial charge is 0.306 e. The third kappa shape index (κ3) is 3.01. The van der Waals surface area contributed by atoms with Gasteiger partial charge in [0, 0.05) is 17.8 Å². The maximum absolute atomic E-state index is 12.2. The molecule has 6 nitrogen and oxygen atoms in total. The monoisotopic (exact) mass is 278 g/mol. The van der Waals surface area contributed by atoms with Crippen molar-refractivity contribution < 1.29 is 19.4 Å². The zero-order valence-electron chi connectivity index (χ0n) is 11.3. The molecule has 0 spiro atoms. The number of amides is 1. The fourth-order valence-corrected chi connectivity index (χ4v) is 2.50. The molecule has 0 unspecified atom stereocenters. The highest BCUT2D eigenvalue weighted by Crippen LogP contribution is 2.27. The molecule has 20 heavy (non-hydrogen) atoms. The molecule has 0 aromatic heterocycles. The van der Waals surface area contributed by atoms with Crippen LogP contribution in [-0.4, -0.2) is 30.1 Å². The van der Waals surface area contributed by atoms with Crippen LogP contribution in [0.15, 0.2) is 18.2 Å². The minimum Gasteiger partial charge on any atom is -0.496 e. The van der Waals surface area contributed by atoms with Crippen molar-refractivity contribution in [3.8, 4) is 5.75 Å². The molecule has 1 aliphatic carbocycles. The predicted octanol–water partition coefficient (Wildman–Crippen LogP) is 1.26. The molecule has 4 N–H and O–H groups in total. The van der Waals surface area contributed by atoms with Gasteiger partial charge in [0.1, 0.15) is 5.75 Å². The normalized spacial score (nSPS) is 21.4. The first-order chi connectivity index (χ1) is 9.51. The van der Waals surface area contributed by atoms with Crippen LogP contribution in [0.5, 0.6) is 5.75 Å². The van der Waals surface area contributed by atoms with E-state index in [1.165, 1.54) is 7.11 Å². The number of aliphatic carboxylic acids is 1. The van der Waals surface area contributed by atoms with E-state index in [0.29, 0.717) is 36.3 Å². The van der Waals surface area contributed by atoms with Gasteiger partial charge in [-0.15, -0.1) is 0 Å². The maximum Gasteiger partial charge on any atom is 0.306 e. The van der Waals surface area contributed by atoms with E-state index in [9.17, 15) is 9.59 Å². The molecule has 0 aliphatic heterocycles. The highest BCUT2D eigenvalue weighted by Gasteiger charge is 2.31. The summed E-state index contributed by atoms with van der Waals surface area (Å²) in [5.74, 6) is -1.02. The van der Waals surface area contributed by atoms with Gasteiger partial charge in [0.15, 0.2) is 0 Å². The summed E-state index contributed by atoms with van der Waals surface area (Å²) >= 11 is 0. The Morgan fingerprint density at radius 2 is 2.15 bits per heavy atom. The van der Waals surface area contributed by atoms with Gasteiger partial charge in [-0.3, -0.25) is 9.59 Å². The van der Waals surface area contributed by atoms with Crippen molar-refractivity contribution >= 4 is 17.6 Å². The number of ether oxygens (including phenoxy) is 1. The molecule has 1 aliphatic rings. The Morgan fingerprint density at radius 3 is 2.75 bits per heavy atom. The van der Waals surface area contributed by atoms with Gasteiger partial charge in [-0.25, -0.2) is 0 Å². The number of anilines is 1. The van der Waals surface area contributed by atoms with E-state index in [2.05, 4.69) is 5.32 Å². The lowest BCUT2D eigenvalue weighted by molar-refractivity contribution is -0.141. The van der Waals surface area contributed by atoms with E-state index < -0.39 is 5.97 Å². The second kappa shape index (κ2) is 5.81. The van der Waals surface area contributed by atoms with E-state index >= 15 is 0 Å². The van der Waals surface area contributed by atoms with E-state index in [1.54, 1.807) is 18.2 Å². The summed E-state index contributed by atoms with van der Waals surface area (Å²) in [7, 11) is 1.47. The largest absolute Gasteiger partial charge is 0.496 e. The third-order valence-corrected chi connectivity index (χ3v) is 3.59. The number of methoxy groups -OCH3 is 1. The molecule has 1 amide bonds. The number of nitrogens with two attached hydrogens (primary N) is 1. The molecular weight excluding hydrogens is 260 g/mol. The first-order valence-electron chi connectivity index (χ1n) is 6.48. The quantitative estimate of drug-likeness (QED) is 0.720. The minimum absolute atomic E-state index is 0.106. The summed E-state index contributed by atoms with van der Waals surface area (Å²) < 4.78 is 5.14. The van der Waals surface area contributed by atoms with Crippen LogP contribution in [0, 0.1) is 5.92 Å².